The van der Waals surface area contributed by atoms with Gasteiger partial charge in [0.15, 0.2) is 6.29 Å². The molecule has 17 heavy (non-hydrogen) atoms. The number of nitrogens with two attached hydrogens (primary N) is 1. The lowest BCUT2D eigenvalue weighted by Gasteiger charge is -2.24. The van der Waals surface area contributed by atoms with Crippen molar-refractivity contribution < 1.29 is 9.47 Å². The highest BCUT2D eigenvalue weighted by Crippen LogP contribution is 2.20. The SMILES string of the molecule is C/C(CC1OCCCO1)=C(/N)c1ccccc1. The minimum atomic E-state index is -0.133. The van der Waals surface area contributed by atoms with Gasteiger partial charge in [-0.25, -0.2) is 0 Å². The molecule has 1 heterocycles. The lowest BCUT2D eigenvalue weighted by molar-refractivity contribution is -0.176. The number of hydrogen-bond acceptors (Lipinski definition) is 3. The van der Waals surface area contributed by atoms with E-state index in [4.69, 9.17) is 15.2 Å². The van der Waals surface area contributed by atoms with Gasteiger partial charge in [0, 0.05) is 12.1 Å². The highest BCUT2D eigenvalue weighted by molar-refractivity contribution is 5.65. The van der Waals surface area contributed by atoms with Gasteiger partial charge in [0.05, 0.1) is 13.2 Å². The van der Waals surface area contributed by atoms with Crippen LogP contribution in [-0.4, -0.2) is 19.5 Å². The minimum absolute atomic E-state index is 0.133. The van der Waals surface area contributed by atoms with Crippen LogP contribution in [0, 0.1) is 0 Å². The van der Waals surface area contributed by atoms with Gasteiger partial charge in [-0.3, -0.25) is 0 Å². The van der Waals surface area contributed by atoms with E-state index in [-0.39, 0.29) is 6.29 Å². The van der Waals surface area contributed by atoms with E-state index in [1.165, 1.54) is 0 Å². The van der Waals surface area contributed by atoms with Crippen LogP contribution in [0.25, 0.3) is 5.70 Å². The Morgan fingerprint density at radius 3 is 2.53 bits per heavy atom. The molecule has 0 amide bonds. The zero-order chi connectivity index (χ0) is 12.1. The third-order valence-electron chi connectivity index (χ3n) is 2.91. The van der Waals surface area contributed by atoms with Crippen LogP contribution in [0.1, 0.15) is 25.3 Å². The number of hydrogen-bond donors (Lipinski definition) is 1. The summed E-state index contributed by atoms with van der Waals surface area (Å²) in [7, 11) is 0. The van der Waals surface area contributed by atoms with Crippen LogP contribution in [0.15, 0.2) is 35.9 Å². The fraction of sp³-hybridized carbons (Fsp3) is 0.429. The Morgan fingerprint density at radius 2 is 1.88 bits per heavy atom. The first-order valence-corrected chi connectivity index (χ1v) is 6.01. The van der Waals surface area contributed by atoms with E-state index in [2.05, 4.69) is 0 Å². The molecular weight excluding hydrogens is 214 g/mol. The summed E-state index contributed by atoms with van der Waals surface area (Å²) in [5, 5.41) is 0. The summed E-state index contributed by atoms with van der Waals surface area (Å²) in [5.74, 6) is 0. The Hall–Kier alpha value is -1.32. The Bertz CT molecular complexity index is 380. The largest absolute Gasteiger partial charge is 0.398 e. The third-order valence-corrected chi connectivity index (χ3v) is 2.91. The topological polar surface area (TPSA) is 44.5 Å². The maximum Gasteiger partial charge on any atom is 0.161 e. The molecule has 0 unspecified atom stereocenters. The van der Waals surface area contributed by atoms with Crippen LogP contribution in [0.4, 0.5) is 0 Å². The standard InChI is InChI=1S/C14H19NO2/c1-11(10-13-16-8-5-9-17-13)14(15)12-6-3-2-4-7-12/h2-4,6-7,13H,5,8-10,15H2,1H3/b14-11-. The van der Waals surface area contributed by atoms with E-state index in [1.54, 1.807) is 0 Å². The van der Waals surface area contributed by atoms with Gasteiger partial charge in [0.2, 0.25) is 0 Å². The average Bonchev–Trinajstić information content (AvgIpc) is 2.40. The molecule has 0 atom stereocenters. The third kappa shape index (κ3) is 3.32. The van der Waals surface area contributed by atoms with E-state index in [0.717, 1.165) is 42.9 Å². The van der Waals surface area contributed by atoms with Crippen LogP contribution in [0.2, 0.25) is 0 Å². The van der Waals surface area contributed by atoms with Crippen molar-refractivity contribution in [3.05, 3.63) is 41.5 Å². The first kappa shape index (κ1) is 12.1. The summed E-state index contributed by atoms with van der Waals surface area (Å²) in [6.45, 7) is 3.59. The molecule has 1 aliphatic heterocycles. The summed E-state index contributed by atoms with van der Waals surface area (Å²) in [6.07, 6.45) is 1.58. The van der Waals surface area contributed by atoms with Gasteiger partial charge in [0.1, 0.15) is 0 Å². The van der Waals surface area contributed by atoms with Crippen LogP contribution in [-0.2, 0) is 9.47 Å². The molecule has 1 aliphatic rings. The van der Waals surface area contributed by atoms with Crippen molar-refractivity contribution in [3.63, 3.8) is 0 Å². The molecule has 2 rings (SSSR count). The molecular formula is C14H19NO2. The maximum absolute atomic E-state index is 6.12. The molecule has 1 aromatic carbocycles. The summed E-state index contributed by atoms with van der Waals surface area (Å²) < 4.78 is 11.0. The molecule has 1 saturated heterocycles. The van der Waals surface area contributed by atoms with Crippen molar-refractivity contribution in [1.29, 1.82) is 0 Å². The molecule has 0 spiro atoms. The summed E-state index contributed by atoms with van der Waals surface area (Å²) in [5.41, 5.74) is 9.12. The Balaban J connectivity index is 2.04. The molecule has 0 aliphatic carbocycles. The average molecular weight is 233 g/mol. The molecule has 92 valence electrons. The lowest BCUT2D eigenvalue weighted by atomic mass is 10.1. The second kappa shape index (κ2) is 5.84. The van der Waals surface area contributed by atoms with Crippen LogP contribution in [0.5, 0.6) is 0 Å². The highest BCUT2D eigenvalue weighted by atomic mass is 16.7. The van der Waals surface area contributed by atoms with Crippen molar-refractivity contribution in [2.45, 2.75) is 26.1 Å². The van der Waals surface area contributed by atoms with Crippen LogP contribution >= 0.6 is 0 Å². The Morgan fingerprint density at radius 1 is 1.24 bits per heavy atom. The van der Waals surface area contributed by atoms with E-state index in [9.17, 15) is 0 Å². The van der Waals surface area contributed by atoms with Gasteiger partial charge in [-0.05, 0) is 24.5 Å². The summed E-state index contributed by atoms with van der Waals surface area (Å²) in [4.78, 5) is 0. The molecule has 0 aromatic heterocycles. The van der Waals surface area contributed by atoms with Gasteiger partial charge < -0.3 is 15.2 Å². The zero-order valence-corrected chi connectivity index (χ0v) is 10.2. The Labute approximate surface area is 102 Å². The number of benzene rings is 1. The summed E-state index contributed by atoms with van der Waals surface area (Å²) in [6, 6.07) is 9.99. The minimum Gasteiger partial charge on any atom is -0.398 e. The molecule has 0 saturated carbocycles. The molecule has 1 aromatic rings. The molecule has 0 radical (unpaired) electrons. The molecule has 2 N–H and O–H groups in total. The van der Waals surface area contributed by atoms with Crippen LogP contribution < -0.4 is 5.73 Å². The van der Waals surface area contributed by atoms with Crippen molar-refractivity contribution in [3.8, 4) is 0 Å². The Kier molecular flexibility index (Phi) is 4.18. The smallest absolute Gasteiger partial charge is 0.161 e. The predicted octanol–water partition coefficient (Wildman–Crippen LogP) is 2.53. The van der Waals surface area contributed by atoms with Gasteiger partial charge in [-0.15, -0.1) is 0 Å². The van der Waals surface area contributed by atoms with Crippen molar-refractivity contribution in [1.82, 2.24) is 0 Å². The van der Waals surface area contributed by atoms with Crippen molar-refractivity contribution in [2.24, 2.45) is 5.73 Å². The quantitative estimate of drug-likeness (QED) is 0.872. The van der Waals surface area contributed by atoms with Crippen molar-refractivity contribution >= 4 is 5.70 Å². The van der Waals surface area contributed by atoms with E-state index in [1.807, 2.05) is 37.3 Å². The van der Waals surface area contributed by atoms with Gasteiger partial charge in [-0.1, -0.05) is 30.3 Å². The first-order valence-electron chi connectivity index (χ1n) is 6.01. The second-order valence-electron chi connectivity index (χ2n) is 4.29. The first-order chi connectivity index (χ1) is 8.27. The fourth-order valence-corrected chi connectivity index (χ4v) is 1.88. The van der Waals surface area contributed by atoms with Crippen molar-refractivity contribution in [2.75, 3.05) is 13.2 Å². The van der Waals surface area contributed by atoms with Crippen LogP contribution in [0.3, 0.4) is 0 Å². The second-order valence-corrected chi connectivity index (χ2v) is 4.29. The molecule has 1 fully saturated rings. The van der Waals surface area contributed by atoms with Gasteiger partial charge in [-0.2, -0.15) is 0 Å². The fourth-order valence-electron chi connectivity index (χ4n) is 1.88. The van der Waals surface area contributed by atoms with Gasteiger partial charge in [0.25, 0.3) is 0 Å². The predicted molar refractivity (Wildman–Crippen MR) is 68.1 cm³/mol. The van der Waals surface area contributed by atoms with E-state index >= 15 is 0 Å². The maximum atomic E-state index is 6.12. The zero-order valence-electron chi connectivity index (χ0n) is 10.2. The lowest BCUT2D eigenvalue weighted by Crippen LogP contribution is -2.25. The molecule has 3 nitrogen and oxygen atoms in total. The molecule has 0 bridgehead atoms. The summed E-state index contributed by atoms with van der Waals surface area (Å²) >= 11 is 0. The van der Waals surface area contributed by atoms with Gasteiger partial charge >= 0.3 is 0 Å². The number of ether oxygens (including phenoxy) is 2. The number of rotatable bonds is 3. The highest BCUT2D eigenvalue weighted by Gasteiger charge is 2.15. The normalized spacial score (nSPS) is 18.9. The monoisotopic (exact) mass is 233 g/mol. The molecule has 3 heteroatoms. The van der Waals surface area contributed by atoms with E-state index < -0.39 is 0 Å². The van der Waals surface area contributed by atoms with E-state index in [0.29, 0.717) is 0 Å².